The van der Waals surface area contributed by atoms with Crippen LogP contribution in [-0.2, 0) is 30.5 Å². The molecule has 0 fully saturated rings. The van der Waals surface area contributed by atoms with Crippen LogP contribution in [0.25, 0.3) is 0 Å². The monoisotopic (exact) mass is 370 g/mol. The first-order chi connectivity index (χ1) is 13.3. The smallest absolute Gasteiger partial charge is 0.224 e. The van der Waals surface area contributed by atoms with E-state index in [0.29, 0.717) is 6.42 Å². The van der Waals surface area contributed by atoms with E-state index in [2.05, 4.69) is 12.2 Å². The van der Waals surface area contributed by atoms with E-state index in [4.69, 9.17) is 4.98 Å². The number of aromatic nitrogens is 1. The van der Waals surface area contributed by atoms with Gasteiger partial charge in [-0.05, 0) is 62.5 Å². The molecular weight excluding hydrogens is 332 g/mol. The molecule has 0 unspecified atom stereocenters. The van der Waals surface area contributed by atoms with Gasteiger partial charge in [-0.3, -0.25) is 9.78 Å². The van der Waals surface area contributed by atoms with Crippen LogP contribution in [0.5, 0.6) is 0 Å². The number of hydrogen-bond donors (Lipinski definition) is 1. The fourth-order valence-electron chi connectivity index (χ4n) is 4.70. The molecule has 1 aromatic heterocycles. The second-order valence-electron chi connectivity index (χ2n) is 8.52. The van der Waals surface area contributed by atoms with Crippen molar-refractivity contribution in [2.45, 2.75) is 116 Å². The molecule has 1 aromatic rings. The number of amides is 1. The summed E-state index contributed by atoms with van der Waals surface area (Å²) in [4.78, 5) is 17.5. The van der Waals surface area contributed by atoms with Gasteiger partial charge in [-0.1, -0.05) is 58.3 Å². The lowest BCUT2D eigenvalue weighted by molar-refractivity contribution is -0.116. The Hall–Kier alpha value is -1.38. The minimum atomic E-state index is 0.214. The van der Waals surface area contributed by atoms with E-state index >= 15 is 0 Å². The van der Waals surface area contributed by atoms with Gasteiger partial charge in [0.05, 0.1) is 5.69 Å². The van der Waals surface area contributed by atoms with E-state index in [0.717, 1.165) is 37.8 Å². The molecule has 0 spiro atoms. The first-order valence-electron chi connectivity index (χ1n) is 11.6. The lowest BCUT2D eigenvalue weighted by atomic mass is 9.92. The van der Waals surface area contributed by atoms with Crippen molar-refractivity contribution in [2.75, 3.05) is 5.32 Å². The van der Waals surface area contributed by atoms with Gasteiger partial charge in [0.15, 0.2) is 0 Å². The summed E-state index contributed by atoms with van der Waals surface area (Å²) in [5.41, 5.74) is 6.38. The summed E-state index contributed by atoms with van der Waals surface area (Å²) in [5.74, 6) is 0.214. The lowest BCUT2D eigenvalue weighted by Crippen LogP contribution is -2.18. The second kappa shape index (κ2) is 10.8. The molecule has 1 amide bonds. The molecule has 0 bridgehead atoms. The van der Waals surface area contributed by atoms with Gasteiger partial charge in [0.2, 0.25) is 5.91 Å². The molecule has 0 saturated heterocycles. The molecule has 0 radical (unpaired) electrons. The van der Waals surface area contributed by atoms with Crippen molar-refractivity contribution in [3.8, 4) is 0 Å². The fourth-order valence-corrected chi connectivity index (χ4v) is 4.70. The van der Waals surface area contributed by atoms with Gasteiger partial charge in [-0.2, -0.15) is 0 Å². The normalized spacial score (nSPS) is 15.4. The van der Waals surface area contributed by atoms with Gasteiger partial charge < -0.3 is 5.32 Å². The van der Waals surface area contributed by atoms with Crippen LogP contribution in [-0.4, -0.2) is 10.9 Å². The summed E-state index contributed by atoms with van der Waals surface area (Å²) in [5, 5.41) is 3.32. The number of anilines is 1. The van der Waals surface area contributed by atoms with E-state index in [9.17, 15) is 4.79 Å². The van der Waals surface area contributed by atoms with Crippen LogP contribution in [0.2, 0.25) is 0 Å². The summed E-state index contributed by atoms with van der Waals surface area (Å²) >= 11 is 0. The van der Waals surface area contributed by atoms with Crippen molar-refractivity contribution in [3.05, 3.63) is 22.5 Å². The van der Waals surface area contributed by atoms with Crippen LogP contribution >= 0.6 is 0 Å². The Morgan fingerprint density at radius 1 is 0.778 bits per heavy atom. The highest BCUT2D eigenvalue weighted by molar-refractivity contribution is 5.92. The van der Waals surface area contributed by atoms with Gasteiger partial charge >= 0.3 is 0 Å². The number of nitrogens with one attached hydrogen (secondary N) is 1. The Kier molecular flexibility index (Phi) is 8.16. The molecule has 0 aliphatic heterocycles. The van der Waals surface area contributed by atoms with E-state index in [1.54, 1.807) is 0 Å². The number of aryl methyl sites for hydroxylation is 2. The van der Waals surface area contributed by atoms with Gasteiger partial charge in [0, 0.05) is 17.8 Å². The topological polar surface area (TPSA) is 42.0 Å². The van der Waals surface area contributed by atoms with Gasteiger partial charge in [0.1, 0.15) is 0 Å². The van der Waals surface area contributed by atoms with Crippen molar-refractivity contribution in [3.63, 3.8) is 0 Å². The Morgan fingerprint density at radius 3 is 2.04 bits per heavy atom. The predicted octanol–water partition coefficient (Wildman–Crippen LogP) is 6.31. The molecule has 1 heterocycles. The molecule has 0 saturated carbocycles. The first kappa shape index (κ1) is 20.4. The van der Waals surface area contributed by atoms with Crippen molar-refractivity contribution >= 4 is 11.6 Å². The van der Waals surface area contributed by atoms with E-state index in [1.807, 2.05) is 0 Å². The third kappa shape index (κ3) is 5.80. The zero-order valence-corrected chi connectivity index (χ0v) is 17.4. The highest BCUT2D eigenvalue weighted by Gasteiger charge is 2.25. The Morgan fingerprint density at radius 2 is 1.33 bits per heavy atom. The van der Waals surface area contributed by atoms with Crippen molar-refractivity contribution in [1.29, 1.82) is 0 Å². The average molecular weight is 371 g/mol. The Balaban J connectivity index is 1.43. The van der Waals surface area contributed by atoms with Crippen molar-refractivity contribution < 1.29 is 4.79 Å². The molecular formula is C24H38N2O. The maximum absolute atomic E-state index is 12.6. The first-order valence-corrected chi connectivity index (χ1v) is 11.6. The molecule has 2 aliphatic carbocycles. The van der Waals surface area contributed by atoms with Crippen LogP contribution < -0.4 is 5.32 Å². The van der Waals surface area contributed by atoms with Crippen LogP contribution in [0.4, 0.5) is 5.69 Å². The van der Waals surface area contributed by atoms with E-state index in [-0.39, 0.29) is 5.91 Å². The number of fused-ring (bicyclic) bond motifs is 2. The number of carbonyl (C=O) groups excluding carboxylic acids is 1. The van der Waals surface area contributed by atoms with Crippen LogP contribution in [0.15, 0.2) is 0 Å². The molecule has 3 heteroatoms. The number of pyridine rings is 1. The summed E-state index contributed by atoms with van der Waals surface area (Å²) in [6, 6.07) is 0. The van der Waals surface area contributed by atoms with Gasteiger partial charge in [-0.25, -0.2) is 0 Å². The zero-order valence-electron chi connectivity index (χ0n) is 17.4. The molecule has 0 atom stereocenters. The zero-order chi connectivity index (χ0) is 18.9. The molecule has 3 rings (SSSR count). The number of hydrogen-bond acceptors (Lipinski definition) is 2. The summed E-state index contributed by atoms with van der Waals surface area (Å²) in [6.07, 6.45) is 20.3. The van der Waals surface area contributed by atoms with Gasteiger partial charge in [0.25, 0.3) is 0 Å². The Bertz CT molecular complexity index is 623. The second-order valence-corrected chi connectivity index (χ2v) is 8.52. The highest BCUT2D eigenvalue weighted by Crippen LogP contribution is 2.36. The van der Waals surface area contributed by atoms with Crippen LogP contribution in [0.3, 0.4) is 0 Å². The summed E-state index contributed by atoms with van der Waals surface area (Å²) in [7, 11) is 0. The molecule has 2 aliphatic rings. The minimum absolute atomic E-state index is 0.214. The summed E-state index contributed by atoms with van der Waals surface area (Å²) < 4.78 is 0. The third-order valence-corrected chi connectivity index (χ3v) is 6.27. The lowest BCUT2D eigenvalue weighted by Gasteiger charge is -2.22. The highest BCUT2D eigenvalue weighted by atomic mass is 16.1. The quantitative estimate of drug-likeness (QED) is 0.464. The maximum atomic E-state index is 12.6. The van der Waals surface area contributed by atoms with E-state index < -0.39 is 0 Å². The third-order valence-electron chi connectivity index (χ3n) is 6.27. The SMILES string of the molecule is CCCCCCCCCCCC(=O)Nc1c2c(nc3c1CCC3)CCCC2. The maximum Gasteiger partial charge on any atom is 0.224 e. The van der Waals surface area contributed by atoms with Crippen LogP contribution in [0, 0.1) is 0 Å². The predicted molar refractivity (Wildman–Crippen MR) is 113 cm³/mol. The van der Waals surface area contributed by atoms with Crippen molar-refractivity contribution in [2.24, 2.45) is 0 Å². The Labute approximate surface area is 165 Å². The largest absolute Gasteiger partial charge is 0.325 e. The van der Waals surface area contributed by atoms with Gasteiger partial charge in [-0.15, -0.1) is 0 Å². The molecule has 150 valence electrons. The molecule has 3 nitrogen and oxygen atoms in total. The minimum Gasteiger partial charge on any atom is -0.325 e. The number of rotatable bonds is 11. The van der Waals surface area contributed by atoms with E-state index in [1.165, 1.54) is 93.1 Å². The fraction of sp³-hybridized carbons (Fsp3) is 0.750. The number of unbranched alkanes of at least 4 members (excludes halogenated alkanes) is 8. The van der Waals surface area contributed by atoms with Crippen molar-refractivity contribution in [1.82, 2.24) is 4.98 Å². The van der Waals surface area contributed by atoms with Crippen LogP contribution in [0.1, 0.15) is 113 Å². The average Bonchev–Trinajstić information content (AvgIpc) is 3.15. The number of nitrogens with zero attached hydrogens (tertiary/aromatic N) is 1. The summed E-state index contributed by atoms with van der Waals surface area (Å²) in [6.45, 7) is 2.26. The molecule has 27 heavy (non-hydrogen) atoms. The molecule has 0 aromatic carbocycles. The standard InChI is InChI=1S/C24H38N2O/c1-2-3-4-5-6-7-8-9-10-18-23(27)26-24-19-14-11-12-16-21(19)25-22-17-13-15-20(22)24/h2-18H2,1H3,(H,25,26,27). The number of carbonyl (C=O) groups is 1. The molecule has 1 N–H and O–H groups in total.